The second-order valence-corrected chi connectivity index (χ2v) is 4.45. The van der Waals surface area contributed by atoms with Crippen LogP contribution in [-0.2, 0) is 0 Å². The topological polar surface area (TPSA) is 79.5 Å². The van der Waals surface area contributed by atoms with Crippen LogP contribution < -0.4 is 0 Å². The molecule has 1 aliphatic rings. The molecule has 6 heteroatoms. The molecule has 1 amide bonds. The van der Waals surface area contributed by atoms with E-state index in [0.29, 0.717) is 18.3 Å². The van der Waals surface area contributed by atoms with Gasteiger partial charge in [-0.1, -0.05) is 18.2 Å². The Hall–Kier alpha value is -2.37. The molecule has 6 nitrogen and oxygen atoms in total. The molecule has 1 aromatic heterocycles. The van der Waals surface area contributed by atoms with Gasteiger partial charge in [0.25, 0.3) is 0 Å². The van der Waals surface area contributed by atoms with Crippen molar-refractivity contribution in [2.75, 3.05) is 6.54 Å². The van der Waals surface area contributed by atoms with Crippen molar-refractivity contribution in [3.8, 4) is 11.5 Å². The highest BCUT2D eigenvalue weighted by molar-refractivity contribution is 5.66. The molecule has 98 valence electrons. The summed E-state index contributed by atoms with van der Waals surface area (Å²) < 4.78 is 5.61. The minimum absolute atomic E-state index is 0.317. The Bertz CT molecular complexity index is 582. The Morgan fingerprint density at radius 3 is 2.84 bits per heavy atom. The third-order valence-electron chi connectivity index (χ3n) is 3.24. The zero-order valence-corrected chi connectivity index (χ0v) is 10.2. The summed E-state index contributed by atoms with van der Waals surface area (Å²) in [6.07, 6.45) is 0.602. The van der Waals surface area contributed by atoms with Crippen molar-refractivity contribution in [2.24, 2.45) is 0 Å². The molecule has 2 aromatic rings. The monoisotopic (exact) mass is 259 g/mol. The molecule has 3 rings (SSSR count). The first-order valence-electron chi connectivity index (χ1n) is 6.14. The van der Waals surface area contributed by atoms with Gasteiger partial charge in [-0.05, 0) is 25.0 Å². The quantitative estimate of drug-likeness (QED) is 0.896. The van der Waals surface area contributed by atoms with E-state index in [0.717, 1.165) is 18.4 Å². The molecule has 1 fully saturated rings. The van der Waals surface area contributed by atoms with Gasteiger partial charge in [-0.3, -0.25) is 4.90 Å². The van der Waals surface area contributed by atoms with Crippen molar-refractivity contribution in [3.63, 3.8) is 0 Å². The SMILES string of the molecule is O=C(O)N1CCCC1c1nnc(-c2ccccc2)o1. The first kappa shape index (κ1) is 11.7. The molecule has 2 heterocycles. The number of hydrogen-bond acceptors (Lipinski definition) is 4. The van der Waals surface area contributed by atoms with E-state index in [9.17, 15) is 4.79 Å². The maximum absolute atomic E-state index is 11.1. The van der Waals surface area contributed by atoms with Crippen LogP contribution in [0, 0.1) is 0 Å². The molecule has 1 unspecified atom stereocenters. The van der Waals surface area contributed by atoms with Crippen molar-refractivity contribution in [2.45, 2.75) is 18.9 Å². The fraction of sp³-hybridized carbons (Fsp3) is 0.308. The summed E-state index contributed by atoms with van der Waals surface area (Å²) >= 11 is 0. The predicted molar refractivity (Wildman–Crippen MR) is 66.4 cm³/mol. The van der Waals surface area contributed by atoms with Gasteiger partial charge in [0, 0.05) is 12.1 Å². The fourth-order valence-corrected chi connectivity index (χ4v) is 2.32. The minimum atomic E-state index is -0.943. The van der Waals surface area contributed by atoms with Gasteiger partial charge in [-0.2, -0.15) is 0 Å². The molecule has 0 radical (unpaired) electrons. The second-order valence-electron chi connectivity index (χ2n) is 4.45. The standard InChI is InChI=1S/C13H13N3O3/c17-13(18)16-8-4-7-10(16)12-15-14-11(19-12)9-5-2-1-3-6-9/h1-3,5-6,10H,4,7-8H2,(H,17,18). The van der Waals surface area contributed by atoms with Crippen molar-refractivity contribution in [1.29, 1.82) is 0 Å². The van der Waals surface area contributed by atoms with E-state index in [-0.39, 0.29) is 6.04 Å². The normalized spacial score (nSPS) is 18.7. The molecular formula is C13H13N3O3. The highest BCUT2D eigenvalue weighted by atomic mass is 16.4. The summed E-state index contributed by atoms with van der Waals surface area (Å²) in [5.41, 5.74) is 0.834. The number of carbonyl (C=O) groups is 1. The third-order valence-corrected chi connectivity index (χ3v) is 3.24. The van der Waals surface area contributed by atoms with E-state index >= 15 is 0 Å². The molecular weight excluding hydrogens is 246 g/mol. The number of rotatable bonds is 2. The zero-order valence-electron chi connectivity index (χ0n) is 10.2. The van der Waals surface area contributed by atoms with Crippen LogP contribution in [0.25, 0.3) is 11.5 Å². The van der Waals surface area contributed by atoms with Crippen LogP contribution in [0.1, 0.15) is 24.8 Å². The van der Waals surface area contributed by atoms with Gasteiger partial charge in [0.1, 0.15) is 6.04 Å². The minimum Gasteiger partial charge on any atom is -0.465 e. The highest BCUT2D eigenvalue weighted by Crippen LogP contribution is 2.32. The lowest BCUT2D eigenvalue weighted by molar-refractivity contribution is 0.134. The summed E-state index contributed by atoms with van der Waals surface area (Å²) in [4.78, 5) is 12.4. The molecule has 0 saturated carbocycles. The molecule has 1 aliphatic heterocycles. The van der Waals surface area contributed by atoms with Crippen LogP contribution >= 0.6 is 0 Å². The smallest absolute Gasteiger partial charge is 0.407 e. The largest absolute Gasteiger partial charge is 0.465 e. The summed E-state index contributed by atoms with van der Waals surface area (Å²) in [5, 5.41) is 17.1. The molecule has 0 bridgehead atoms. The lowest BCUT2D eigenvalue weighted by Gasteiger charge is -2.17. The van der Waals surface area contributed by atoms with Gasteiger partial charge < -0.3 is 9.52 Å². The Kier molecular flexibility index (Phi) is 2.91. The molecule has 1 N–H and O–H groups in total. The molecule has 0 aliphatic carbocycles. The van der Waals surface area contributed by atoms with Gasteiger partial charge in [0.2, 0.25) is 11.8 Å². The lowest BCUT2D eigenvalue weighted by atomic mass is 10.2. The first-order valence-corrected chi connectivity index (χ1v) is 6.14. The highest BCUT2D eigenvalue weighted by Gasteiger charge is 2.33. The van der Waals surface area contributed by atoms with Crippen molar-refractivity contribution in [3.05, 3.63) is 36.2 Å². The van der Waals surface area contributed by atoms with Gasteiger partial charge >= 0.3 is 6.09 Å². The van der Waals surface area contributed by atoms with Crippen molar-refractivity contribution < 1.29 is 14.3 Å². The van der Waals surface area contributed by atoms with Crippen LogP contribution in [0.15, 0.2) is 34.7 Å². The van der Waals surface area contributed by atoms with E-state index in [1.54, 1.807) is 0 Å². The van der Waals surface area contributed by atoms with E-state index in [1.807, 2.05) is 30.3 Å². The van der Waals surface area contributed by atoms with Crippen molar-refractivity contribution in [1.82, 2.24) is 15.1 Å². The third kappa shape index (κ3) is 2.16. The number of carboxylic acid groups (broad SMARTS) is 1. The van der Waals surface area contributed by atoms with Gasteiger partial charge in [0.15, 0.2) is 0 Å². The molecule has 1 saturated heterocycles. The maximum Gasteiger partial charge on any atom is 0.407 e. The fourth-order valence-electron chi connectivity index (χ4n) is 2.32. The van der Waals surface area contributed by atoms with E-state index in [4.69, 9.17) is 9.52 Å². The Morgan fingerprint density at radius 1 is 1.32 bits per heavy atom. The van der Waals surface area contributed by atoms with Crippen LogP contribution in [0.2, 0.25) is 0 Å². The van der Waals surface area contributed by atoms with E-state index in [1.165, 1.54) is 4.90 Å². The number of amides is 1. The average Bonchev–Trinajstić information content (AvgIpc) is 3.08. The van der Waals surface area contributed by atoms with E-state index in [2.05, 4.69) is 10.2 Å². The maximum atomic E-state index is 11.1. The molecule has 19 heavy (non-hydrogen) atoms. The molecule has 0 spiro atoms. The number of nitrogens with zero attached hydrogens (tertiary/aromatic N) is 3. The number of likely N-dealkylation sites (tertiary alicyclic amines) is 1. The van der Waals surface area contributed by atoms with Crippen LogP contribution in [0.3, 0.4) is 0 Å². The van der Waals surface area contributed by atoms with Gasteiger partial charge in [-0.25, -0.2) is 4.79 Å². The number of benzene rings is 1. The number of hydrogen-bond donors (Lipinski definition) is 1. The summed E-state index contributed by atoms with van der Waals surface area (Å²) in [6, 6.07) is 9.12. The van der Waals surface area contributed by atoms with Crippen LogP contribution in [-0.4, -0.2) is 32.8 Å². The van der Waals surface area contributed by atoms with Crippen molar-refractivity contribution >= 4 is 6.09 Å². The lowest BCUT2D eigenvalue weighted by Crippen LogP contribution is -2.28. The summed E-state index contributed by atoms with van der Waals surface area (Å²) in [7, 11) is 0. The first-order chi connectivity index (χ1) is 9.25. The van der Waals surface area contributed by atoms with Crippen LogP contribution in [0.4, 0.5) is 4.79 Å². The predicted octanol–water partition coefficient (Wildman–Crippen LogP) is 2.55. The van der Waals surface area contributed by atoms with Gasteiger partial charge in [-0.15, -0.1) is 10.2 Å². The zero-order chi connectivity index (χ0) is 13.2. The second kappa shape index (κ2) is 4.72. The molecule has 1 aromatic carbocycles. The Balaban J connectivity index is 1.87. The van der Waals surface area contributed by atoms with Crippen LogP contribution in [0.5, 0.6) is 0 Å². The van der Waals surface area contributed by atoms with Gasteiger partial charge in [0.05, 0.1) is 0 Å². The number of aromatic nitrogens is 2. The Labute approximate surface area is 109 Å². The van der Waals surface area contributed by atoms with E-state index < -0.39 is 6.09 Å². The Morgan fingerprint density at radius 2 is 2.11 bits per heavy atom. The average molecular weight is 259 g/mol. The molecule has 1 atom stereocenters. The summed E-state index contributed by atoms with van der Waals surface area (Å²) in [5.74, 6) is 0.798. The summed E-state index contributed by atoms with van der Waals surface area (Å²) in [6.45, 7) is 0.517.